The Morgan fingerprint density at radius 3 is 2.50 bits per heavy atom. The molecule has 0 aliphatic carbocycles. The third kappa shape index (κ3) is 3.84. The molecule has 7 heteroatoms. The molecule has 1 heterocycles. The Morgan fingerprint density at radius 2 is 1.92 bits per heavy atom. The van der Waals surface area contributed by atoms with Gasteiger partial charge in [0.05, 0.1) is 13.7 Å². The number of nitrogens with one attached hydrogen (secondary N) is 1. The fraction of sp³-hybridized carbons (Fsp3) is 0.471. The van der Waals surface area contributed by atoms with Crippen LogP contribution in [0.3, 0.4) is 0 Å². The lowest BCUT2D eigenvalue weighted by molar-refractivity contribution is -0.147. The van der Waals surface area contributed by atoms with Crippen molar-refractivity contribution in [3.8, 4) is 5.75 Å². The van der Waals surface area contributed by atoms with E-state index in [2.05, 4.69) is 5.32 Å². The van der Waals surface area contributed by atoms with Gasteiger partial charge in [0.1, 0.15) is 17.8 Å². The fourth-order valence-electron chi connectivity index (χ4n) is 2.58. The molecular formula is C17H22N2O5. The van der Waals surface area contributed by atoms with Crippen molar-refractivity contribution in [3.05, 3.63) is 29.8 Å². The Labute approximate surface area is 140 Å². The number of ether oxygens (including phenoxy) is 2. The first kappa shape index (κ1) is 17.8. The van der Waals surface area contributed by atoms with Crippen LogP contribution in [0.15, 0.2) is 24.3 Å². The second-order valence-corrected chi connectivity index (χ2v) is 5.81. The first-order chi connectivity index (χ1) is 11.4. The van der Waals surface area contributed by atoms with Gasteiger partial charge < -0.3 is 14.8 Å². The number of hydrogen-bond donors (Lipinski definition) is 1. The summed E-state index contributed by atoms with van der Waals surface area (Å²) >= 11 is 0. The van der Waals surface area contributed by atoms with Gasteiger partial charge in [-0.15, -0.1) is 0 Å². The average molecular weight is 334 g/mol. The summed E-state index contributed by atoms with van der Waals surface area (Å²) in [5.74, 6) is -0.245. The highest BCUT2D eigenvalue weighted by Gasteiger charge is 2.48. The molecule has 2 rings (SSSR count). The molecule has 0 aromatic heterocycles. The number of nitrogens with zero attached hydrogens (tertiary/aromatic N) is 1. The SMILES string of the molecule is CCOC(=O)CN1C(=O)N[C@@](C)(CCc2ccc(OC)cc2)C1=O. The van der Waals surface area contributed by atoms with Crippen LogP contribution in [0.2, 0.25) is 0 Å². The maximum atomic E-state index is 12.5. The predicted octanol–water partition coefficient (Wildman–Crippen LogP) is 1.50. The van der Waals surface area contributed by atoms with Crippen molar-refractivity contribution >= 4 is 17.9 Å². The number of carbonyl (C=O) groups is 3. The number of benzene rings is 1. The molecular weight excluding hydrogens is 312 g/mol. The Kier molecular flexibility index (Phi) is 5.43. The van der Waals surface area contributed by atoms with Crippen LogP contribution in [-0.4, -0.2) is 48.6 Å². The summed E-state index contributed by atoms with van der Waals surface area (Å²) in [4.78, 5) is 37.0. The van der Waals surface area contributed by atoms with Gasteiger partial charge in [-0.1, -0.05) is 12.1 Å². The zero-order chi connectivity index (χ0) is 17.7. The molecule has 1 fully saturated rings. The van der Waals surface area contributed by atoms with Crippen LogP contribution in [0, 0.1) is 0 Å². The van der Waals surface area contributed by atoms with Crippen molar-refractivity contribution in [1.29, 1.82) is 0 Å². The van der Waals surface area contributed by atoms with Gasteiger partial charge in [-0.25, -0.2) is 4.79 Å². The third-order valence-electron chi connectivity index (χ3n) is 4.01. The Morgan fingerprint density at radius 1 is 1.25 bits per heavy atom. The van der Waals surface area contributed by atoms with Gasteiger partial charge >= 0.3 is 12.0 Å². The third-order valence-corrected chi connectivity index (χ3v) is 4.01. The van der Waals surface area contributed by atoms with Gasteiger partial charge in [0.25, 0.3) is 5.91 Å². The molecule has 0 unspecified atom stereocenters. The number of urea groups is 1. The average Bonchev–Trinajstić information content (AvgIpc) is 2.77. The van der Waals surface area contributed by atoms with Crippen LogP contribution in [0.5, 0.6) is 5.75 Å². The van der Waals surface area contributed by atoms with Crippen LogP contribution >= 0.6 is 0 Å². The van der Waals surface area contributed by atoms with Crippen LogP contribution < -0.4 is 10.1 Å². The van der Waals surface area contributed by atoms with Crippen LogP contribution in [-0.2, 0) is 20.7 Å². The number of hydrogen-bond acceptors (Lipinski definition) is 5. The molecule has 24 heavy (non-hydrogen) atoms. The lowest BCUT2D eigenvalue weighted by Crippen LogP contribution is -2.44. The number of rotatable bonds is 7. The standard InChI is InChI=1S/C17H22N2O5/c1-4-24-14(20)11-19-15(21)17(2,18-16(19)22)10-9-12-5-7-13(23-3)8-6-12/h5-8H,4,9-11H2,1-3H3,(H,18,22)/t17-/m0/s1. The summed E-state index contributed by atoms with van der Waals surface area (Å²) in [6.45, 7) is 3.18. The van der Waals surface area contributed by atoms with E-state index in [1.165, 1.54) is 0 Å². The molecule has 0 spiro atoms. The fourth-order valence-corrected chi connectivity index (χ4v) is 2.58. The van der Waals surface area contributed by atoms with Crippen LogP contribution in [0.1, 0.15) is 25.8 Å². The zero-order valence-electron chi connectivity index (χ0n) is 14.1. The molecule has 3 amide bonds. The van der Waals surface area contributed by atoms with E-state index in [1.54, 1.807) is 21.0 Å². The molecule has 1 aromatic rings. The predicted molar refractivity (Wildman–Crippen MR) is 86.6 cm³/mol. The number of amides is 3. The molecule has 130 valence electrons. The van der Waals surface area contributed by atoms with Crippen molar-refractivity contribution in [1.82, 2.24) is 10.2 Å². The van der Waals surface area contributed by atoms with Crippen molar-refractivity contribution in [3.63, 3.8) is 0 Å². The summed E-state index contributed by atoms with van der Waals surface area (Å²) in [6.07, 6.45) is 1.04. The minimum Gasteiger partial charge on any atom is -0.497 e. The van der Waals surface area contributed by atoms with Crippen molar-refractivity contribution < 1.29 is 23.9 Å². The summed E-state index contributed by atoms with van der Waals surface area (Å²) in [5.41, 5.74) is 0.00618. The molecule has 1 aromatic carbocycles. The topological polar surface area (TPSA) is 84.9 Å². The normalized spacial score (nSPS) is 20.0. The summed E-state index contributed by atoms with van der Waals surface area (Å²) in [6, 6.07) is 6.96. The molecule has 0 bridgehead atoms. The van der Waals surface area contributed by atoms with E-state index in [-0.39, 0.29) is 13.2 Å². The Bertz CT molecular complexity index is 628. The quantitative estimate of drug-likeness (QED) is 0.603. The molecule has 0 radical (unpaired) electrons. The Balaban J connectivity index is 2.00. The number of imide groups is 1. The summed E-state index contributed by atoms with van der Waals surface area (Å²) < 4.78 is 9.90. The number of esters is 1. The molecule has 1 N–H and O–H groups in total. The van der Waals surface area contributed by atoms with Gasteiger partial charge in [-0.05, 0) is 44.4 Å². The first-order valence-electron chi connectivity index (χ1n) is 7.82. The summed E-state index contributed by atoms with van der Waals surface area (Å²) in [5, 5.41) is 2.68. The van der Waals surface area contributed by atoms with Crippen LogP contribution in [0.4, 0.5) is 4.79 Å². The molecule has 1 saturated heterocycles. The minimum absolute atomic E-state index is 0.206. The number of carbonyl (C=O) groups excluding carboxylic acids is 3. The monoisotopic (exact) mass is 334 g/mol. The van der Waals surface area contributed by atoms with Crippen molar-refractivity contribution in [2.75, 3.05) is 20.3 Å². The molecule has 1 atom stereocenters. The molecule has 0 saturated carbocycles. The smallest absolute Gasteiger partial charge is 0.326 e. The lowest BCUT2D eigenvalue weighted by atomic mass is 9.93. The number of methoxy groups -OCH3 is 1. The maximum Gasteiger partial charge on any atom is 0.326 e. The van der Waals surface area contributed by atoms with E-state index in [0.29, 0.717) is 12.8 Å². The number of aryl methyl sites for hydroxylation is 1. The van der Waals surface area contributed by atoms with E-state index in [9.17, 15) is 14.4 Å². The van der Waals surface area contributed by atoms with Crippen molar-refractivity contribution in [2.24, 2.45) is 0 Å². The molecule has 1 aliphatic heterocycles. The highest BCUT2D eigenvalue weighted by Crippen LogP contribution is 2.24. The van der Waals surface area contributed by atoms with Gasteiger partial charge in [0, 0.05) is 0 Å². The second-order valence-electron chi connectivity index (χ2n) is 5.81. The highest BCUT2D eigenvalue weighted by molar-refractivity contribution is 6.08. The van der Waals surface area contributed by atoms with Crippen molar-refractivity contribution in [2.45, 2.75) is 32.2 Å². The second kappa shape index (κ2) is 7.33. The largest absolute Gasteiger partial charge is 0.497 e. The molecule has 1 aliphatic rings. The maximum absolute atomic E-state index is 12.5. The van der Waals surface area contributed by atoms with Gasteiger partial charge in [0.2, 0.25) is 0 Å². The van der Waals surface area contributed by atoms with Gasteiger partial charge in [-0.2, -0.15) is 0 Å². The summed E-state index contributed by atoms with van der Waals surface area (Å²) in [7, 11) is 1.60. The van der Waals surface area contributed by atoms with E-state index in [1.807, 2.05) is 24.3 Å². The molecule has 7 nitrogen and oxygen atoms in total. The minimum atomic E-state index is -1.02. The zero-order valence-corrected chi connectivity index (χ0v) is 14.1. The van der Waals surface area contributed by atoms with E-state index < -0.39 is 23.4 Å². The first-order valence-corrected chi connectivity index (χ1v) is 7.82. The van der Waals surface area contributed by atoms with Gasteiger partial charge in [0.15, 0.2) is 0 Å². The van der Waals surface area contributed by atoms with E-state index in [0.717, 1.165) is 16.2 Å². The van der Waals surface area contributed by atoms with E-state index >= 15 is 0 Å². The van der Waals surface area contributed by atoms with E-state index in [4.69, 9.17) is 9.47 Å². The lowest BCUT2D eigenvalue weighted by Gasteiger charge is -2.21. The highest BCUT2D eigenvalue weighted by atomic mass is 16.5. The Hall–Kier alpha value is -2.57. The van der Waals surface area contributed by atoms with Crippen LogP contribution in [0.25, 0.3) is 0 Å². The van der Waals surface area contributed by atoms with Gasteiger partial charge in [-0.3, -0.25) is 14.5 Å².